The maximum Gasteiger partial charge on any atom is 0.416 e. The zero-order valence-electron chi connectivity index (χ0n) is 17.9. The number of pyridine rings is 1. The summed E-state index contributed by atoms with van der Waals surface area (Å²) in [5, 5.41) is 12.0. The molecule has 4 N–H and O–H groups in total. The van der Waals surface area contributed by atoms with Crippen LogP contribution in [0.5, 0.6) is 0 Å². The monoisotopic (exact) mass is 510 g/mol. The Kier molecular flexibility index (Phi) is 5.91. The van der Waals surface area contributed by atoms with Crippen molar-refractivity contribution < 1.29 is 18.0 Å². The molecular weight excluding hydrogens is 493 g/mol. The Balaban J connectivity index is 1.35. The number of rotatable bonds is 4. The van der Waals surface area contributed by atoms with Crippen molar-refractivity contribution in [3.8, 4) is 22.3 Å². The fourth-order valence-electron chi connectivity index (χ4n) is 3.70. The fourth-order valence-corrected chi connectivity index (χ4v) is 5.48. The summed E-state index contributed by atoms with van der Waals surface area (Å²) in [4.78, 5) is 16.7. The van der Waals surface area contributed by atoms with E-state index in [4.69, 9.17) is 5.73 Å². The molecule has 0 unspecified atom stereocenters. The molecule has 176 valence electrons. The van der Waals surface area contributed by atoms with Crippen molar-refractivity contribution in [2.75, 3.05) is 16.4 Å². The van der Waals surface area contributed by atoms with E-state index in [1.807, 2.05) is 29.0 Å². The summed E-state index contributed by atoms with van der Waals surface area (Å²) in [6, 6.07) is 13.0. The summed E-state index contributed by atoms with van der Waals surface area (Å²) in [7, 11) is 0. The lowest BCUT2D eigenvalue weighted by atomic mass is 10.0. The number of fused-ring (bicyclic) bond motifs is 1. The lowest BCUT2D eigenvalue weighted by Gasteiger charge is -2.11. The minimum atomic E-state index is -4.49. The third kappa shape index (κ3) is 4.71. The van der Waals surface area contributed by atoms with E-state index in [1.54, 1.807) is 41.0 Å². The van der Waals surface area contributed by atoms with Gasteiger partial charge in [-0.05, 0) is 63.7 Å². The fraction of sp³-hybridized carbons (Fsp3) is 0.0400. The van der Waals surface area contributed by atoms with Gasteiger partial charge in [-0.3, -0.25) is 0 Å². The normalized spacial score (nSPS) is 11.5. The molecule has 35 heavy (non-hydrogen) atoms. The molecule has 2 aromatic carbocycles. The van der Waals surface area contributed by atoms with E-state index in [0.717, 1.165) is 44.5 Å². The second kappa shape index (κ2) is 9.05. The number of urea groups is 1. The van der Waals surface area contributed by atoms with Gasteiger partial charge >= 0.3 is 12.2 Å². The lowest BCUT2D eigenvalue weighted by molar-refractivity contribution is -0.137. The van der Waals surface area contributed by atoms with Crippen LogP contribution in [0.4, 0.5) is 35.2 Å². The van der Waals surface area contributed by atoms with Gasteiger partial charge in [0.1, 0.15) is 5.82 Å². The zero-order chi connectivity index (χ0) is 24.6. The Morgan fingerprint density at radius 2 is 1.69 bits per heavy atom. The molecule has 5 nitrogen and oxygen atoms in total. The van der Waals surface area contributed by atoms with Crippen LogP contribution in [0.2, 0.25) is 0 Å². The van der Waals surface area contributed by atoms with Crippen LogP contribution in [0.3, 0.4) is 0 Å². The Morgan fingerprint density at radius 3 is 2.40 bits per heavy atom. The molecule has 10 heteroatoms. The van der Waals surface area contributed by atoms with Crippen LogP contribution in [-0.4, -0.2) is 11.0 Å². The number of nitrogens with one attached hydrogen (secondary N) is 2. The molecule has 3 heterocycles. The maximum absolute atomic E-state index is 12.9. The van der Waals surface area contributed by atoms with Gasteiger partial charge in [-0.1, -0.05) is 18.2 Å². The first-order chi connectivity index (χ1) is 16.8. The number of hydrogen-bond donors (Lipinski definition) is 3. The van der Waals surface area contributed by atoms with Gasteiger partial charge in [0.2, 0.25) is 0 Å². The standard InChI is InChI=1S/C25H17F3N4OS2/c26-25(27,28)16-2-1-3-18(10-16)32-24(33)31-17-6-4-14(5-7-17)20-13-35-22-19(15-8-9-34-12-15)11-30-23(29)21(20)22/h1-13H,(H2,29,30)(H2,31,32,33). The van der Waals surface area contributed by atoms with Crippen molar-refractivity contribution in [3.05, 3.63) is 82.5 Å². The van der Waals surface area contributed by atoms with Gasteiger partial charge < -0.3 is 16.4 Å². The topological polar surface area (TPSA) is 80.0 Å². The van der Waals surface area contributed by atoms with Gasteiger partial charge in [-0.2, -0.15) is 24.5 Å². The quantitative estimate of drug-likeness (QED) is 0.230. The average molecular weight is 511 g/mol. The molecule has 5 rings (SSSR count). The van der Waals surface area contributed by atoms with Crippen LogP contribution in [0.15, 0.2) is 76.9 Å². The van der Waals surface area contributed by atoms with Crippen molar-refractivity contribution >= 4 is 56.0 Å². The zero-order valence-corrected chi connectivity index (χ0v) is 19.5. The number of nitrogen functional groups attached to an aromatic ring is 1. The van der Waals surface area contributed by atoms with E-state index < -0.39 is 17.8 Å². The van der Waals surface area contributed by atoms with Crippen LogP contribution in [-0.2, 0) is 6.18 Å². The number of alkyl halides is 3. The highest BCUT2D eigenvalue weighted by atomic mass is 32.1. The predicted molar refractivity (Wildman–Crippen MR) is 137 cm³/mol. The smallest absolute Gasteiger partial charge is 0.383 e. The van der Waals surface area contributed by atoms with Crippen LogP contribution in [0, 0.1) is 0 Å². The van der Waals surface area contributed by atoms with E-state index in [-0.39, 0.29) is 5.69 Å². The van der Waals surface area contributed by atoms with E-state index in [0.29, 0.717) is 11.5 Å². The number of aromatic nitrogens is 1. The molecule has 0 saturated heterocycles. The van der Waals surface area contributed by atoms with E-state index in [1.165, 1.54) is 12.1 Å². The number of amides is 2. The molecule has 5 aromatic rings. The van der Waals surface area contributed by atoms with Gasteiger partial charge in [0.05, 0.1) is 5.56 Å². The third-order valence-electron chi connectivity index (χ3n) is 5.36. The van der Waals surface area contributed by atoms with Crippen LogP contribution in [0.25, 0.3) is 32.3 Å². The molecule has 2 amide bonds. The molecule has 3 aromatic heterocycles. The number of nitrogens with two attached hydrogens (primary N) is 1. The highest BCUT2D eigenvalue weighted by molar-refractivity contribution is 7.18. The average Bonchev–Trinajstić information content (AvgIpc) is 3.51. The molecule has 0 saturated carbocycles. The molecule has 0 bridgehead atoms. The molecular formula is C25H17F3N4OS2. The Bertz CT molecular complexity index is 1510. The molecule has 0 spiro atoms. The van der Waals surface area contributed by atoms with Gasteiger partial charge in [0.25, 0.3) is 0 Å². The highest BCUT2D eigenvalue weighted by Gasteiger charge is 2.30. The lowest BCUT2D eigenvalue weighted by Crippen LogP contribution is -2.19. The van der Waals surface area contributed by atoms with Crippen molar-refractivity contribution in [1.29, 1.82) is 0 Å². The van der Waals surface area contributed by atoms with E-state index in [2.05, 4.69) is 21.0 Å². The van der Waals surface area contributed by atoms with Gasteiger partial charge in [-0.15, -0.1) is 11.3 Å². The van der Waals surface area contributed by atoms with Crippen LogP contribution >= 0.6 is 22.7 Å². The third-order valence-corrected chi connectivity index (χ3v) is 7.05. The van der Waals surface area contributed by atoms with Crippen molar-refractivity contribution in [3.63, 3.8) is 0 Å². The molecule has 0 atom stereocenters. The summed E-state index contributed by atoms with van der Waals surface area (Å²) < 4.78 is 39.7. The summed E-state index contributed by atoms with van der Waals surface area (Å²) in [6.45, 7) is 0. The summed E-state index contributed by atoms with van der Waals surface area (Å²) in [5.41, 5.74) is 9.88. The minimum absolute atomic E-state index is 0.0445. The van der Waals surface area contributed by atoms with Crippen molar-refractivity contribution in [1.82, 2.24) is 4.98 Å². The van der Waals surface area contributed by atoms with Gasteiger partial charge in [0.15, 0.2) is 0 Å². The second-order valence-electron chi connectivity index (χ2n) is 7.66. The largest absolute Gasteiger partial charge is 0.416 e. The Hall–Kier alpha value is -3.89. The number of carbonyl (C=O) groups excluding carboxylic acids is 1. The van der Waals surface area contributed by atoms with Crippen LogP contribution in [0.1, 0.15) is 5.56 Å². The molecule has 0 fully saturated rings. The minimum Gasteiger partial charge on any atom is -0.383 e. The van der Waals surface area contributed by atoms with E-state index in [9.17, 15) is 18.0 Å². The SMILES string of the molecule is Nc1ncc(-c2ccsc2)c2scc(-c3ccc(NC(=O)Nc4cccc(C(F)(F)F)c4)cc3)c12. The van der Waals surface area contributed by atoms with Gasteiger partial charge in [-0.25, -0.2) is 9.78 Å². The molecule has 0 aliphatic carbocycles. The first-order valence-electron chi connectivity index (χ1n) is 10.3. The number of carbonyl (C=O) groups is 1. The molecule has 0 aliphatic heterocycles. The van der Waals surface area contributed by atoms with Crippen LogP contribution < -0.4 is 16.4 Å². The Morgan fingerprint density at radius 1 is 0.914 bits per heavy atom. The van der Waals surface area contributed by atoms with E-state index >= 15 is 0 Å². The van der Waals surface area contributed by atoms with Crippen molar-refractivity contribution in [2.24, 2.45) is 0 Å². The number of anilines is 3. The summed E-state index contributed by atoms with van der Waals surface area (Å²) >= 11 is 3.21. The number of thiophene rings is 2. The summed E-state index contributed by atoms with van der Waals surface area (Å²) in [5.74, 6) is 0.442. The predicted octanol–water partition coefficient (Wildman–Crippen LogP) is 7.94. The molecule has 0 aliphatic rings. The van der Waals surface area contributed by atoms with Crippen molar-refractivity contribution in [2.45, 2.75) is 6.18 Å². The summed E-state index contributed by atoms with van der Waals surface area (Å²) in [6.07, 6.45) is -2.70. The number of nitrogens with zero attached hydrogens (tertiary/aromatic N) is 1. The number of hydrogen-bond acceptors (Lipinski definition) is 5. The highest BCUT2D eigenvalue weighted by Crippen LogP contribution is 2.42. The first-order valence-corrected chi connectivity index (χ1v) is 12.2. The number of benzene rings is 2. The van der Waals surface area contributed by atoms with Gasteiger partial charge in [0, 0.05) is 38.8 Å². The maximum atomic E-state index is 12.9. The number of halogens is 3. The molecule has 0 radical (unpaired) electrons. The Labute approximate surface area is 206 Å². The first kappa shape index (κ1) is 22.9. The second-order valence-corrected chi connectivity index (χ2v) is 9.32.